The number of carboxylic acid groups (broad SMARTS) is 1. The molecule has 0 aromatic heterocycles. The number of hydrogen-bond donors (Lipinski definition) is 1. The molecule has 0 atom stereocenters. The molecule has 0 spiro atoms. The average Bonchev–Trinajstić information content (AvgIpc) is 3.16. The number of halogens is 4. The fourth-order valence-corrected chi connectivity index (χ4v) is 1.83. The second-order valence-electron chi connectivity index (χ2n) is 6.29. The lowest BCUT2D eigenvalue weighted by Crippen LogP contribution is -2.25. The van der Waals surface area contributed by atoms with Gasteiger partial charge in [0.25, 0.3) is 11.9 Å². The number of carbonyl (C=O) groups excluding carboxylic acids is 4. The Morgan fingerprint density at radius 1 is 0.974 bits per heavy atom. The zero-order valence-electron chi connectivity index (χ0n) is 21.2. The van der Waals surface area contributed by atoms with Crippen LogP contribution < -0.4 is 4.74 Å². The zero-order chi connectivity index (χ0) is 30.6. The van der Waals surface area contributed by atoms with Crippen LogP contribution >= 0.6 is 12.2 Å². The van der Waals surface area contributed by atoms with Gasteiger partial charge in [0.15, 0.2) is 11.6 Å². The van der Waals surface area contributed by atoms with Crippen molar-refractivity contribution in [2.75, 3.05) is 14.1 Å². The van der Waals surface area contributed by atoms with E-state index >= 15 is 0 Å². The number of rotatable bonds is 2. The lowest BCUT2D eigenvalue weighted by atomic mass is 10.2. The number of thiocarbonyl (C=S) groups is 1. The highest BCUT2D eigenvalue weighted by Crippen LogP contribution is 2.29. The maximum Gasteiger partial charge on any atom is 0.330 e. The van der Waals surface area contributed by atoms with Crippen molar-refractivity contribution in [2.24, 2.45) is 9.98 Å². The van der Waals surface area contributed by atoms with Gasteiger partial charge in [0, 0.05) is 46.9 Å². The van der Waals surface area contributed by atoms with Crippen molar-refractivity contribution in [1.82, 2.24) is 5.06 Å². The van der Waals surface area contributed by atoms with Gasteiger partial charge in [0.2, 0.25) is 23.5 Å². The molecular weight excluding hydrogens is 554 g/mol. The molecule has 1 fully saturated rings. The highest BCUT2D eigenvalue weighted by atomic mass is 32.1. The molecule has 0 radical (unpaired) electrons. The smallest absolute Gasteiger partial charge is 0.330 e. The van der Waals surface area contributed by atoms with Crippen LogP contribution in [-0.4, -0.2) is 59.3 Å². The third-order valence-electron chi connectivity index (χ3n) is 3.23. The minimum atomic E-state index is -1.72. The van der Waals surface area contributed by atoms with Gasteiger partial charge in [-0.25, -0.2) is 28.4 Å². The number of hydroxylamine groups is 2. The molecule has 0 aliphatic carbocycles. The van der Waals surface area contributed by atoms with E-state index in [4.69, 9.17) is 14.7 Å². The first-order valence-corrected chi connectivity index (χ1v) is 10.3. The number of carbonyl (C=O) groups is 4. The molecule has 0 unspecified atom stereocenters. The second-order valence-corrected chi connectivity index (χ2v) is 6.47. The largest absolute Gasteiger partial charge is 0.481 e. The van der Waals surface area contributed by atoms with Gasteiger partial charge in [-0.05, 0) is 25.6 Å². The number of carboxylic acids is 1. The van der Waals surface area contributed by atoms with Gasteiger partial charge in [-0.1, -0.05) is 14.0 Å². The van der Waals surface area contributed by atoms with Crippen LogP contribution in [0.2, 0.25) is 0 Å². The number of benzene rings is 1. The highest BCUT2D eigenvalue weighted by Gasteiger charge is 2.27. The van der Waals surface area contributed by atoms with Gasteiger partial charge in [-0.15, -0.1) is 5.06 Å². The van der Waals surface area contributed by atoms with Crippen molar-refractivity contribution in [3.63, 3.8) is 0 Å². The molecule has 11 nitrogen and oxygen atoms in total. The number of isocyanates is 1. The number of hydrogen-bond acceptors (Lipinski definition) is 10. The Labute approximate surface area is 227 Å². The monoisotopic (exact) mass is 583 g/mol. The number of allylic oxidation sites excluding steroid dienone is 1. The number of isothiocyanates is 1. The van der Waals surface area contributed by atoms with E-state index < -0.39 is 52.5 Å². The standard InChI is InChI=1S/C9H6F4O2.C7H9NO3.C2H3NO.C2H3NS.C2H4O2.CH4/c1-3-5(10)7(12)9(15-4(2)14)8(13)6(3)11;1-5-3-4-7(10)8(5)11-6(2)9;2*1-3-2-4;1-2(3)4;/h1-2H3;1,3-4H2,2H3;2*1H3;1H3,(H,3,4);1H4. The topological polar surface area (TPSA) is 152 Å². The predicted octanol–water partition coefficient (Wildman–Crippen LogP) is 4.48. The molecule has 218 valence electrons. The normalized spacial score (nSPS) is 10.4. The summed E-state index contributed by atoms with van der Waals surface area (Å²) in [6.07, 6.45) is 2.26. The predicted molar refractivity (Wildman–Crippen MR) is 134 cm³/mol. The Morgan fingerprint density at radius 3 is 1.59 bits per heavy atom. The van der Waals surface area contributed by atoms with E-state index in [1.165, 1.54) is 20.1 Å². The molecule has 1 saturated heterocycles. The molecule has 0 bridgehead atoms. The Bertz CT molecular complexity index is 1050. The SMILES string of the molecule is C.C=C1CCC(=O)N1OC(C)=O.CC(=O)O.CC(=O)Oc1c(F)c(F)c(C)c(F)c1F.CN=C=O.CN=C=S. The number of esters is 1. The number of aliphatic imine (C=N–C) groups is 2. The van der Waals surface area contributed by atoms with Crippen molar-refractivity contribution in [1.29, 1.82) is 0 Å². The first-order chi connectivity index (χ1) is 17.5. The number of nitrogens with zero attached hydrogens (tertiary/aromatic N) is 3. The molecule has 1 aromatic carbocycles. The molecule has 1 aliphatic rings. The first kappa shape index (κ1) is 41.9. The van der Waals surface area contributed by atoms with Crippen LogP contribution in [0.1, 0.15) is 46.6 Å². The van der Waals surface area contributed by atoms with Crippen LogP contribution in [0.15, 0.2) is 22.3 Å². The van der Waals surface area contributed by atoms with E-state index in [1.54, 1.807) is 7.05 Å². The zero-order valence-corrected chi connectivity index (χ0v) is 22.0. The van der Waals surface area contributed by atoms with Crippen LogP contribution in [0.4, 0.5) is 17.6 Å². The number of aliphatic carboxylic acids is 1. The highest BCUT2D eigenvalue weighted by molar-refractivity contribution is 7.78. The third-order valence-corrected chi connectivity index (χ3v) is 3.41. The van der Waals surface area contributed by atoms with Gasteiger partial charge in [0.1, 0.15) is 0 Å². The van der Waals surface area contributed by atoms with Crippen LogP contribution in [0.3, 0.4) is 0 Å². The van der Waals surface area contributed by atoms with Crippen LogP contribution in [-0.2, 0) is 28.8 Å². The molecule has 1 heterocycles. The third kappa shape index (κ3) is 18.6. The Balaban J connectivity index is -0.000000223. The summed E-state index contributed by atoms with van der Waals surface area (Å²) in [7, 11) is 2.97. The summed E-state index contributed by atoms with van der Waals surface area (Å²) in [5, 5.41) is 10.5. The summed E-state index contributed by atoms with van der Waals surface area (Å²) in [6, 6.07) is 0. The molecular formula is C23H29F4N3O8S. The molecule has 1 amide bonds. The maximum atomic E-state index is 13.0. The first-order valence-electron chi connectivity index (χ1n) is 9.85. The van der Waals surface area contributed by atoms with E-state index in [0.29, 0.717) is 18.5 Å². The van der Waals surface area contributed by atoms with Gasteiger partial charge in [-0.2, -0.15) is 8.78 Å². The van der Waals surface area contributed by atoms with E-state index in [1.807, 2.05) is 0 Å². The second kappa shape index (κ2) is 22.9. The minimum Gasteiger partial charge on any atom is -0.481 e. The average molecular weight is 584 g/mol. The number of amides is 1. The maximum absolute atomic E-state index is 13.0. The minimum absolute atomic E-state index is 0. The van der Waals surface area contributed by atoms with Crippen molar-refractivity contribution < 1.29 is 56.2 Å². The summed E-state index contributed by atoms with van der Waals surface area (Å²) in [4.78, 5) is 60.5. The van der Waals surface area contributed by atoms with Gasteiger partial charge in [0.05, 0.1) is 10.9 Å². The molecule has 1 aromatic rings. The van der Waals surface area contributed by atoms with Gasteiger partial charge >= 0.3 is 11.9 Å². The summed E-state index contributed by atoms with van der Waals surface area (Å²) in [5.74, 6) is -10.6. The fourth-order valence-electron chi connectivity index (χ4n) is 1.83. The summed E-state index contributed by atoms with van der Waals surface area (Å²) < 4.78 is 55.9. The fraction of sp³-hybridized carbons (Fsp3) is 0.391. The lowest BCUT2D eigenvalue weighted by molar-refractivity contribution is -0.184. The summed E-state index contributed by atoms with van der Waals surface area (Å²) in [6.45, 7) is 7.62. The van der Waals surface area contributed by atoms with Crippen LogP contribution in [0.5, 0.6) is 5.75 Å². The van der Waals surface area contributed by atoms with Crippen LogP contribution in [0.25, 0.3) is 0 Å². The van der Waals surface area contributed by atoms with Crippen LogP contribution in [0, 0.1) is 30.2 Å². The van der Waals surface area contributed by atoms with E-state index in [0.717, 1.165) is 25.8 Å². The molecule has 16 heteroatoms. The lowest BCUT2D eigenvalue weighted by Gasteiger charge is -2.13. The number of ether oxygens (including phenoxy) is 1. The van der Waals surface area contributed by atoms with E-state index in [2.05, 4.69) is 43.5 Å². The van der Waals surface area contributed by atoms with Gasteiger partial charge < -0.3 is 14.7 Å². The molecule has 0 saturated carbocycles. The molecule has 1 aliphatic heterocycles. The van der Waals surface area contributed by atoms with Gasteiger partial charge in [-0.3, -0.25) is 14.4 Å². The Hall–Kier alpha value is -4.26. The molecule has 39 heavy (non-hydrogen) atoms. The molecule has 1 N–H and O–H groups in total. The molecule has 2 rings (SSSR count). The Kier molecular flexibility index (Phi) is 24.6. The van der Waals surface area contributed by atoms with Crippen molar-refractivity contribution >= 4 is 47.3 Å². The quantitative estimate of drug-likeness (QED) is 0.101. The van der Waals surface area contributed by atoms with E-state index in [9.17, 15) is 31.9 Å². The summed E-state index contributed by atoms with van der Waals surface area (Å²) >= 11 is 4.14. The van der Waals surface area contributed by atoms with E-state index in [-0.39, 0.29) is 13.3 Å². The van der Waals surface area contributed by atoms with Crippen molar-refractivity contribution in [2.45, 2.75) is 48.0 Å². The van der Waals surface area contributed by atoms with Crippen molar-refractivity contribution in [3.05, 3.63) is 41.1 Å². The Morgan fingerprint density at radius 2 is 1.36 bits per heavy atom. The van der Waals surface area contributed by atoms with Crippen molar-refractivity contribution in [3.8, 4) is 5.75 Å². The summed E-state index contributed by atoms with van der Waals surface area (Å²) in [5.41, 5.74) is -0.258.